The summed E-state index contributed by atoms with van der Waals surface area (Å²) in [5.74, 6) is 1.13. The van der Waals surface area contributed by atoms with Crippen molar-refractivity contribution in [3.05, 3.63) is 89.3 Å². The molecule has 122 valence electrons. The lowest BCUT2D eigenvalue weighted by atomic mass is 10.1. The van der Waals surface area contributed by atoms with Crippen LogP contribution in [0.5, 0.6) is 0 Å². The third-order valence-corrected chi connectivity index (χ3v) is 3.88. The van der Waals surface area contributed by atoms with E-state index < -0.39 is 5.97 Å². The van der Waals surface area contributed by atoms with Gasteiger partial charge >= 0.3 is 5.97 Å². The second-order valence-corrected chi connectivity index (χ2v) is 5.77. The van der Waals surface area contributed by atoms with Crippen molar-refractivity contribution in [3.8, 4) is 11.3 Å². The average molecular weight is 329 g/mol. The minimum Gasteiger partial charge on any atom is -0.457 e. The van der Waals surface area contributed by atoms with Crippen LogP contribution in [-0.4, -0.2) is 11.9 Å². The molecular weight excluding hydrogens is 314 g/mol. The number of carbonyl (C=O) groups is 1. The van der Waals surface area contributed by atoms with E-state index in [9.17, 15) is 4.79 Å². The van der Waals surface area contributed by atoms with E-state index in [4.69, 9.17) is 9.15 Å². The topological polar surface area (TPSA) is 51.8 Å². The summed E-state index contributed by atoms with van der Waals surface area (Å²) in [7, 11) is 0. The largest absolute Gasteiger partial charge is 0.457 e. The lowest BCUT2D eigenvalue weighted by Crippen LogP contribution is -2.04. The molecule has 1 aliphatic heterocycles. The van der Waals surface area contributed by atoms with E-state index in [2.05, 4.69) is 4.99 Å². The summed E-state index contributed by atoms with van der Waals surface area (Å²) in [4.78, 5) is 16.3. The zero-order chi connectivity index (χ0) is 17.2. The molecule has 0 aliphatic carbocycles. The van der Waals surface area contributed by atoms with Crippen LogP contribution in [0.4, 0.5) is 0 Å². The molecule has 25 heavy (non-hydrogen) atoms. The fraction of sp³-hybridized carbons (Fsp3) is 0.0476. The van der Waals surface area contributed by atoms with Crippen molar-refractivity contribution in [3.63, 3.8) is 0 Å². The number of rotatable bonds is 3. The van der Waals surface area contributed by atoms with Crippen molar-refractivity contribution in [1.29, 1.82) is 0 Å². The Labute approximate surface area is 145 Å². The lowest BCUT2D eigenvalue weighted by molar-refractivity contribution is -0.129. The molecule has 1 aliphatic rings. The average Bonchev–Trinajstić information content (AvgIpc) is 3.24. The number of hydrogen-bond acceptors (Lipinski definition) is 4. The number of nitrogens with zero attached hydrogens (tertiary/aromatic N) is 1. The van der Waals surface area contributed by atoms with Crippen molar-refractivity contribution >= 4 is 17.9 Å². The predicted molar refractivity (Wildman–Crippen MR) is 95.9 cm³/mol. The number of cyclic esters (lactones) is 1. The van der Waals surface area contributed by atoms with Crippen LogP contribution in [0, 0.1) is 6.92 Å². The molecule has 3 aromatic rings. The molecule has 0 saturated heterocycles. The third kappa shape index (κ3) is 3.15. The molecule has 4 rings (SSSR count). The summed E-state index contributed by atoms with van der Waals surface area (Å²) < 4.78 is 11.0. The lowest BCUT2D eigenvalue weighted by Gasteiger charge is -1.97. The Bertz CT molecular complexity index is 979. The minimum absolute atomic E-state index is 0.226. The van der Waals surface area contributed by atoms with E-state index in [1.165, 1.54) is 5.56 Å². The van der Waals surface area contributed by atoms with Crippen LogP contribution in [0.15, 0.2) is 81.8 Å². The van der Waals surface area contributed by atoms with Gasteiger partial charge in [-0.3, -0.25) is 0 Å². The van der Waals surface area contributed by atoms with Gasteiger partial charge in [-0.25, -0.2) is 9.79 Å². The van der Waals surface area contributed by atoms with Gasteiger partial charge in [0.2, 0.25) is 5.90 Å². The molecule has 2 heterocycles. The molecule has 0 N–H and O–H groups in total. The monoisotopic (exact) mass is 329 g/mol. The van der Waals surface area contributed by atoms with E-state index in [0.29, 0.717) is 11.7 Å². The van der Waals surface area contributed by atoms with E-state index in [0.717, 1.165) is 16.9 Å². The Morgan fingerprint density at radius 1 is 0.880 bits per heavy atom. The molecule has 2 aromatic carbocycles. The van der Waals surface area contributed by atoms with E-state index in [1.54, 1.807) is 6.08 Å². The van der Waals surface area contributed by atoms with Gasteiger partial charge in [0.1, 0.15) is 11.5 Å². The summed E-state index contributed by atoms with van der Waals surface area (Å²) in [6.07, 6.45) is 1.59. The van der Waals surface area contributed by atoms with Crippen LogP contribution < -0.4 is 0 Å². The van der Waals surface area contributed by atoms with Crippen LogP contribution in [0.3, 0.4) is 0 Å². The first-order valence-corrected chi connectivity index (χ1v) is 7.94. The number of hydrogen-bond donors (Lipinski definition) is 0. The standard InChI is InChI=1S/C21H15NO3/c1-14-7-9-15(10-8-14)19-12-11-17(24-19)13-18-21(23)25-20(22-18)16-5-3-2-4-6-16/h2-13H,1H3/b18-13+. The molecule has 0 amide bonds. The van der Waals surface area contributed by atoms with Crippen molar-refractivity contribution in [2.75, 3.05) is 0 Å². The first kappa shape index (κ1) is 15.1. The van der Waals surface area contributed by atoms with Crippen LogP contribution in [0.25, 0.3) is 17.4 Å². The minimum atomic E-state index is -0.480. The predicted octanol–water partition coefficient (Wildman–Crippen LogP) is 4.60. The summed E-state index contributed by atoms with van der Waals surface area (Å²) in [6, 6.07) is 21.1. The van der Waals surface area contributed by atoms with Gasteiger partial charge in [0.25, 0.3) is 0 Å². The molecule has 1 aromatic heterocycles. The molecule has 4 nitrogen and oxygen atoms in total. The fourth-order valence-corrected chi connectivity index (χ4v) is 2.55. The van der Waals surface area contributed by atoms with Crippen LogP contribution in [0.2, 0.25) is 0 Å². The molecular formula is C21H15NO3. The van der Waals surface area contributed by atoms with Crippen molar-refractivity contribution < 1.29 is 13.9 Å². The SMILES string of the molecule is Cc1ccc(-c2ccc(/C=C3/N=C(c4ccccc4)OC3=O)o2)cc1. The maximum Gasteiger partial charge on any atom is 0.363 e. The second-order valence-electron chi connectivity index (χ2n) is 5.77. The number of carbonyl (C=O) groups excluding carboxylic acids is 1. The quantitative estimate of drug-likeness (QED) is 0.521. The van der Waals surface area contributed by atoms with Crippen molar-refractivity contribution in [2.45, 2.75) is 6.92 Å². The Hall–Kier alpha value is -3.40. The highest BCUT2D eigenvalue weighted by molar-refractivity contribution is 6.12. The molecule has 0 fully saturated rings. The number of aliphatic imine (C=N–C) groups is 1. The van der Waals surface area contributed by atoms with Gasteiger partial charge < -0.3 is 9.15 Å². The third-order valence-electron chi connectivity index (χ3n) is 3.88. The summed E-state index contributed by atoms with van der Waals surface area (Å²) in [5, 5.41) is 0. The number of esters is 1. The van der Waals surface area contributed by atoms with Crippen molar-refractivity contribution in [2.24, 2.45) is 4.99 Å². The molecule has 0 spiro atoms. The second kappa shape index (κ2) is 6.24. The van der Waals surface area contributed by atoms with Gasteiger partial charge in [0.05, 0.1) is 0 Å². The normalized spacial score (nSPS) is 15.3. The number of ether oxygens (including phenoxy) is 1. The molecule has 0 radical (unpaired) electrons. The first-order chi connectivity index (χ1) is 12.2. The summed E-state index contributed by atoms with van der Waals surface area (Å²) in [5.41, 5.74) is 3.16. The van der Waals surface area contributed by atoms with Gasteiger partial charge in [-0.1, -0.05) is 48.0 Å². The highest BCUT2D eigenvalue weighted by atomic mass is 16.6. The number of furan rings is 1. The van der Waals surface area contributed by atoms with E-state index in [1.807, 2.05) is 73.7 Å². The number of benzene rings is 2. The molecule has 0 bridgehead atoms. The van der Waals surface area contributed by atoms with Gasteiger partial charge in [-0.15, -0.1) is 0 Å². The zero-order valence-corrected chi connectivity index (χ0v) is 13.6. The van der Waals surface area contributed by atoms with Crippen LogP contribution in [0.1, 0.15) is 16.9 Å². The Balaban J connectivity index is 1.62. The van der Waals surface area contributed by atoms with Gasteiger partial charge in [-0.05, 0) is 31.2 Å². The fourth-order valence-electron chi connectivity index (χ4n) is 2.55. The maximum atomic E-state index is 12.0. The maximum absolute atomic E-state index is 12.0. The molecule has 4 heteroatoms. The van der Waals surface area contributed by atoms with Crippen molar-refractivity contribution in [1.82, 2.24) is 0 Å². The van der Waals surface area contributed by atoms with Crippen LogP contribution in [-0.2, 0) is 9.53 Å². The highest BCUT2D eigenvalue weighted by Crippen LogP contribution is 2.25. The molecule has 0 unspecified atom stereocenters. The molecule has 0 saturated carbocycles. The Morgan fingerprint density at radius 3 is 2.40 bits per heavy atom. The first-order valence-electron chi connectivity index (χ1n) is 7.94. The van der Waals surface area contributed by atoms with E-state index in [-0.39, 0.29) is 5.70 Å². The molecule has 0 atom stereocenters. The van der Waals surface area contributed by atoms with Crippen LogP contribution >= 0.6 is 0 Å². The Morgan fingerprint density at radius 2 is 1.64 bits per heavy atom. The van der Waals surface area contributed by atoms with Gasteiger partial charge in [0, 0.05) is 17.2 Å². The smallest absolute Gasteiger partial charge is 0.363 e. The number of aryl methyl sites for hydroxylation is 1. The summed E-state index contributed by atoms with van der Waals surface area (Å²) in [6.45, 7) is 2.04. The Kier molecular flexibility index (Phi) is 3.78. The van der Waals surface area contributed by atoms with Gasteiger partial charge in [-0.2, -0.15) is 0 Å². The van der Waals surface area contributed by atoms with E-state index >= 15 is 0 Å². The highest BCUT2D eigenvalue weighted by Gasteiger charge is 2.24. The zero-order valence-electron chi connectivity index (χ0n) is 13.6. The van der Waals surface area contributed by atoms with Gasteiger partial charge in [0.15, 0.2) is 5.70 Å². The summed E-state index contributed by atoms with van der Waals surface area (Å²) >= 11 is 0.